The minimum Gasteiger partial charge on any atom is -0.308 e. The van der Waals surface area contributed by atoms with E-state index < -0.39 is 0 Å². The van der Waals surface area contributed by atoms with E-state index in [4.69, 9.17) is 0 Å². The summed E-state index contributed by atoms with van der Waals surface area (Å²) in [7, 11) is 0. The molecular formula is C14H19N3S. The van der Waals surface area contributed by atoms with Gasteiger partial charge in [0.1, 0.15) is 0 Å². The maximum absolute atomic E-state index is 4.19. The molecular weight excluding hydrogens is 242 g/mol. The minimum atomic E-state index is 0.270. The highest BCUT2D eigenvalue weighted by atomic mass is 32.1. The van der Waals surface area contributed by atoms with Crippen molar-refractivity contribution in [2.75, 3.05) is 6.54 Å². The molecule has 18 heavy (non-hydrogen) atoms. The van der Waals surface area contributed by atoms with Crippen molar-refractivity contribution in [2.24, 2.45) is 0 Å². The van der Waals surface area contributed by atoms with E-state index in [1.807, 2.05) is 5.38 Å². The standard InChI is InChI=1S/C14H19N3S/c1-3-8-15-13(14-10-18-17-16-14)9-12-6-4-11(2)5-7-12/h4-7,10,13,15H,3,8-9H2,1-2H3. The molecule has 0 saturated heterocycles. The Morgan fingerprint density at radius 2 is 2.06 bits per heavy atom. The van der Waals surface area contributed by atoms with Crippen molar-refractivity contribution in [1.82, 2.24) is 14.9 Å². The SMILES string of the molecule is CCCNC(Cc1ccc(C)cc1)c1csnn1. The average Bonchev–Trinajstić information content (AvgIpc) is 2.90. The maximum Gasteiger partial charge on any atom is 0.0928 e. The molecule has 0 aliphatic carbocycles. The molecule has 4 heteroatoms. The Kier molecular flexibility index (Phi) is 4.84. The lowest BCUT2D eigenvalue weighted by Crippen LogP contribution is -2.24. The fourth-order valence-electron chi connectivity index (χ4n) is 1.88. The first-order chi connectivity index (χ1) is 8.79. The van der Waals surface area contributed by atoms with E-state index in [-0.39, 0.29) is 6.04 Å². The fraction of sp³-hybridized carbons (Fsp3) is 0.429. The molecule has 0 aliphatic heterocycles. The van der Waals surface area contributed by atoms with Crippen LogP contribution < -0.4 is 5.32 Å². The Morgan fingerprint density at radius 3 is 2.67 bits per heavy atom. The van der Waals surface area contributed by atoms with Gasteiger partial charge in [-0.15, -0.1) is 5.10 Å². The molecule has 0 bridgehead atoms. The Morgan fingerprint density at radius 1 is 1.28 bits per heavy atom. The van der Waals surface area contributed by atoms with Crippen molar-refractivity contribution in [3.8, 4) is 0 Å². The van der Waals surface area contributed by atoms with Crippen molar-refractivity contribution in [2.45, 2.75) is 32.7 Å². The quantitative estimate of drug-likeness (QED) is 0.868. The summed E-state index contributed by atoms with van der Waals surface area (Å²) in [4.78, 5) is 0. The van der Waals surface area contributed by atoms with Crippen molar-refractivity contribution < 1.29 is 0 Å². The van der Waals surface area contributed by atoms with E-state index in [1.165, 1.54) is 22.7 Å². The van der Waals surface area contributed by atoms with Crippen LogP contribution in [0.2, 0.25) is 0 Å². The van der Waals surface area contributed by atoms with Crippen molar-refractivity contribution >= 4 is 11.5 Å². The maximum atomic E-state index is 4.19. The predicted octanol–water partition coefficient (Wildman–Crippen LogP) is 3.13. The van der Waals surface area contributed by atoms with E-state index in [1.54, 1.807) is 0 Å². The molecule has 1 N–H and O–H groups in total. The van der Waals surface area contributed by atoms with E-state index in [0.717, 1.165) is 25.1 Å². The Balaban J connectivity index is 2.07. The Labute approximate surface area is 112 Å². The molecule has 0 saturated carbocycles. The number of benzene rings is 1. The zero-order valence-electron chi connectivity index (χ0n) is 10.9. The highest BCUT2D eigenvalue weighted by Gasteiger charge is 2.14. The van der Waals surface area contributed by atoms with E-state index in [9.17, 15) is 0 Å². The molecule has 2 rings (SSSR count). The fourth-order valence-corrected chi connectivity index (χ4v) is 2.39. The molecule has 0 aliphatic rings. The number of aryl methyl sites for hydroxylation is 1. The summed E-state index contributed by atoms with van der Waals surface area (Å²) in [6, 6.07) is 8.97. The van der Waals surface area contributed by atoms with Gasteiger partial charge in [-0.3, -0.25) is 0 Å². The van der Waals surface area contributed by atoms with Gasteiger partial charge in [-0.25, -0.2) is 0 Å². The minimum absolute atomic E-state index is 0.270. The number of rotatable bonds is 6. The first-order valence-electron chi connectivity index (χ1n) is 6.35. The Hall–Kier alpha value is -1.26. The van der Waals surface area contributed by atoms with Gasteiger partial charge in [0.15, 0.2) is 0 Å². The summed E-state index contributed by atoms with van der Waals surface area (Å²) in [6.07, 6.45) is 2.09. The van der Waals surface area contributed by atoms with Crippen LogP contribution in [-0.4, -0.2) is 16.1 Å². The highest BCUT2D eigenvalue weighted by Crippen LogP contribution is 2.17. The molecule has 0 amide bonds. The molecule has 1 heterocycles. The molecule has 0 spiro atoms. The van der Waals surface area contributed by atoms with Crippen LogP contribution in [0, 0.1) is 6.92 Å². The number of hydrogen-bond acceptors (Lipinski definition) is 4. The lowest BCUT2D eigenvalue weighted by Gasteiger charge is -2.16. The van der Waals surface area contributed by atoms with E-state index in [0.29, 0.717) is 0 Å². The average molecular weight is 261 g/mol. The molecule has 1 aromatic carbocycles. The molecule has 2 aromatic rings. The van der Waals surface area contributed by atoms with Crippen LogP contribution in [0.5, 0.6) is 0 Å². The molecule has 1 atom stereocenters. The molecule has 0 fully saturated rings. The molecule has 3 nitrogen and oxygen atoms in total. The molecule has 96 valence electrons. The smallest absolute Gasteiger partial charge is 0.0928 e. The van der Waals surface area contributed by atoms with E-state index in [2.05, 4.69) is 53.0 Å². The lowest BCUT2D eigenvalue weighted by atomic mass is 10.0. The van der Waals surface area contributed by atoms with Crippen molar-refractivity contribution in [3.05, 3.63) is 46.5 Å². The third-order valence-electron chi connectivity index (χ3n) is 2.94. The van der Waals surface area contributed by atoms with Gasteiger partial charge in [0, 0.05) is 5.38 Å². The van der Waals surface area contributed by atoms with Crippen LogP contribution in [-0.2, 0) is 6.42 Å². The first-order valence-corrected chi connectivity index (χ1v) is 7.19. The summed E-state index contributed by atoms with van der Waals surface area (Å²) >= 11 is 1.41. The zero-order valence-corrected chi connectivity index (χ0v) is 11.7. The molecule has 1 unspecified atom stereocenters. The zero-order chi connectivity index (χ0) is 12.8. The third-order valence-corrected chi connectivity index (χ3v) is 3.46. The third kappa shape index (κ3) is 3.62. The van der Waals surface area contributed by atoms with Crippen LogP contribution in [0.15, 0.2) is 29.6 Å². The van der Waals surface area contributed by atoms with Crippen LogP contribution in [0.3, 0.4) is 0 Å². The van der Waals surface area contributed by atoms with Crippen LogP contribution in [0.1, 0.15) is 36.2 Å². The highest BCUT2D eigenvalue weighted by molar-refractivity contribution is 7.03. The number of nitrogens with zero attached hydrogens (tertiary/aromatic N) is 2. The normalized spacial score (nSPS) is 12.6. The predicted molar refractivity (Wildman–Crippen MR) is 75.8 cm³/mol. The second kappa shape index (κ2) is 6.61. The van der Waals surface area contributed by atoms with Crippen LogP contribution in [0.25, 0.3) is 0 Å². The van der Waals surface area contributed by atoms with Crippen molar-refractivity contribution in [3.63, 3.8) is 0 Å². The van der Waals surface area contributed by atoms with E-state index >= 15 is 0 Å². The monoisotopic (exact) mass is 261 g/mol. The van der Waals surface area contributed by atoms with Crippen molar-refractivity contribution in [1.29, 1.82) is 0 Å². The summed E-state index contributed by atoms with van der Waals surface area (Å²) in [5, 5.41) is 9.76. The molecule has 0 radical (unpaired) electrons. The summed E-state index contributed by atoms with van der Waals surface area (Å²) in [5.41, 5.74) is 3.68. The van der Waals surface area contributed by atoms with Crippen LogP contribution >= 0.6 is 11.5 Å². The van der Waals surface area contributed by atoms with Gasteiger partial charge in [-0.2, -0.15) is 0 Å². The summed E-state index contributed by atoms with van der Waals surface area (Å²) < 4.78 is 3.96. The number of nitrogens with one attached hydrogen (secondary N) is 1. The van der Waals surface area contributed by atoms with Gasteiger partial charge in [0.05, 0.1) is 11.7 Å². The number of hydrogen-bond donors (Lipinski definition) is 1. The molecule has 1 aromatic heterocycles. The van der Waals surface area contributed by atoms with Gasteiger partial charge < -0.3 is 5.32 Å². The van der Waals surface area contributed by atoms with Crippen LogP contribution in [0.4, 0.5) is 0 Å². The Bertz CT molecular complexity index is 450. The first kappa shape index (κ1) is 13.2. The largest absolute Gasteiger partial charge is 0.308 e. The summed E-state index contributed by atoms with van der Waals surface area (Å²) in [5.74, 6) is 0. The van der Waals surface area contributed by atoms with Gasteiger partial charge in [-0.1, -0.05) is 41.2 Å². The second-order valence-electron chi connectivity index (χ2n) is 4.53. The topological polar surface area (TPSA) is 37.8 Å². The lowest BCUT2D eigenvalue weighted by molar-refractivity contribution is 0.517. The number of aromatic nitrogens is 2. The summed E-state index contributed by atoms with van der Waals surface area (Å²) in [6.45, 7) is 5.30. The van der Waals surface area contributed by atoms with Gasteiger partial charge in [-0.05, 0) is 43.4 Å². The van der Waals surface area contributed by atoms with Gasteiger partial charge >= 0.3 is 0 Å². The second-order valence-corrected chi connectivity index (χ2v) is 5.14. The van der Waals surface area contributed by atoms with Gasteiger partial charge in [0.2, 0.25) is 0 Å². The van der Waals surface area contributed by atoms with Gasteiger partial charge in [0.25, 0.3) is 0 Å².